The molecule has 0 aromatic carbocycles. The van der Waals surface area contributed by atoms with Crippen LogP contribution in [0.1, 0.15) is 51.4 Å². The van der Waals surface area contributed by atoms with Crippen LogP contribution in [0.4, 0.5) is 0 Å². The highest BCUT2D eigenvalue weighted by Crippen LogP contribution is 1.95. The lowest BCUT2D eigenvalue weighted by atomic mass is 10.3. The molecule has 23 heavy (non-hydrogen) atoms. The SMILES string of the molecule is COCCCCOCCCCNCCCCOCCCCOC. The largest absolute Gasteiger partial charge is 0.385 e. The summed E-state index contributed by atoms with van der Waals surface area (Å²) in [5, 5.41) is 3.48. The maximum absolute atomic E-state index is 5.58. The summed E-state index contributed by atoms with van der Waals surface area (Å²) < 4.78 is 21.2. The van der Waals surface area contributed by atoms with Gasteiger partial charge in [-0.05, 0) is 64.5 Å². The van der Waals surface area contributed by atoms with Crippen LogP contribution in [0.25, 0.3) is 0 Å². The average Bonchev–Trinajstić information content (AvgIpc) is 2.57. The fourth-order valence-electron chi connectivity index (χ4n) is 2.14. The fourth-order valence-corrected chi connectivity index (χ4v) is 2.14. The number of hydrogen-bond donors (Lipinski definition) is 1. The Bertz CT molecular complexity index is 185. The topological polar surface area (TPSA) is 49.0 Å². The molecule has 0 spiro atoms. The molecule has 140 valence electrons. The van der Waals surface area contributed by atoms with Gasteiger partial charge in [-0.1, -0.05) is 0 Å². The second kappa shape index (κ2) is 21.8. The molecule has 0 aromatic rings. The van der Waals surface area contributed by atoms with Crippen LogP contribution in [0.3, 0.4) is 0 Å². The van der Waals surface area contributed by atoms with Gasteiger partial charge in [0, 0.05) is 53.9 Å². The number of unbranched alkanes of at least 4 members (excludes halogenated alkanes) is 4. The predicted octanol–water partition coefficient (Wildman–Crippen LogP) is 3.02. The first-order valence-corrected chi connectivity index (χ1v) is 9.26. The van der Waals surface area contributed by atoms with Crippen LogP contribution in [0.15, 0.2) is 0 Å². The van der Waals surface area contributed by atoms with Crippen molar-refractivity contribution in [3.63, 3.8) is 0 Å². The van der Waals surface area contributed by atoms with Crippen molar-refractivity contribution in [2.24, 2.45) is 0 Å². The molecule has 0 rings (SSSR count). The van der Waals surface area contributed by atoms with Gasteiger partial charge < -0.3 is 24.3 Å². The van der Waals surface area contributed by atoms with Gasteiger partial charge >= 0.3 is 0 Å². The molecule has 5 nitrogen and oxygen atoms in total. The van der Waals surface area contributed by atoms with Crippen LogP contribution >= 0.6 is 0 Å². The first-order valence-electron chi connectivity index (χ1n) is 9.26. The monoisotopic (exact) mass is 333 g/mol. The van der Waals surface area contributed by atoms with Gasteiger partial charge in [-0.25, -0.2) is 0 Å². The van der Waals surface area contributed by atoms with Crippen molar-refractivity contribution in [1.29, 1.82) is 0 Å². The van der Waals surface area contributed by atoms with E-state index >= 15 is 0 Å². The summed E-state index contributed by atoms with van der Waals surface area (Å²) in [5.41, 5.74) is 0. The van der Waals surface area contributed by atoms with E-state index in [0.717, 1.165) is 91.3 Å². The second-order valence-electron chi connectivity index (χ2n) is 5.79. The maximum atomic E-state index is 5.58. The Morgan fingerprint density at radius 1 is 0.478 bits per heavy atom. The smallest absolute Gasteiger partial charge is 0.0466 e. The van der Waals surface area contributed by atoms with Crippen LogP contribution in [0, 0.1) is 0 Å². The molecule has 0 atom stereocenters. The number of rotatable bonds is 20. The molecule has 1 N–H and O–H groups in total. The zero-order valence-corrected chi connectivity index (χ0v) is 15.4. The van der Waals surface area contributed by atoms with Crippen molar-refractivity contribution in [1.82, 2.24) is 5.32 Å². The normalized spacial score (nSPS) is 11.2. The fraction of sp³-hybridized carbons (Fsp3) is 1.00. The molecule has 0 unspecified atom stereocenters. The van der Waals surface area contributed by atoms with E-state index in [1.807, 2.05) is 0 Å². The minimum absolute atomic E-state index is 0.839. The summed E-state index contributed by atoms with van der Waals surface area (Å²) in [6.45, 7) is 7.34. The molecule has 0 saturated carbocycles. The zero-order chi connectivity index (χ0) is 16.8. The van der Waals surface area contributed by atoms with Gasteiger partial charge in [0.05, 0.1) is 0 Å². The van der Waals surface area contributed by atoms with E-state index in [1.165, 1.54) is 12.8 Å². The Labute approximate surface area is 143 Å². The lowest BCUT2D eigenvalue weighted by Crippen LogP contribution is -2.17. The number of nitrogens with one attached hydrogen (secondary N) is 1. The second-order valence-corrected chi connectivity index (χ2v) is 5.79. The van der Waals surface area contributed by atoms with Gasteiger partial charge in [0.2, 0.25) is 0 Å². The molecule has 0 amide bonds. The van der Waals surface area contributed by atoms with E-state index in [9.17, 15) is 0 Å². The molecule has 0 fully saturated rings. The Hall–Kier alpha value is -0.200. The Morgan fingerprint density at radius 3 is 1.22 bits per heavy atom. The molecule has 0 saturated heterocycles. The molecule has 0 heterocycles. The number of hydrogen-bond acceptors (Lipinski definition) is 5. The molecule has 0 aromatic heterocycles. The van der Waals surface area contributed by atoms with Crippen molar-refractivity contribution in [3.8, 4) is 0 Å². The molecule has 0 aliphatic carbocycles. The lowest BCUT2D eigenvalue weighted by molar-refractivity contribution is 0.115. The van der Waals surface area contributed by atoms with Crippen LogP contribution in [-0.4, -0.2) is 67.0 Å². The molecule has 0 bridgehead atoms. The summed E-state index contributed by atoms with van der Waals surface area (Å²) in [7, 11) is 3.48. The first-order chi connectivity index (χ1) is 11.4. The Morgan fingerprint density at radius 2 is 0.826 bits per heavy atom. The Balaban J connectivity index is 2.92. The van der Waals surface area contributed by atoms with Crippen LogP contribution in [0.5, 0.6) is 0 Å². The molecular weight excluding hydrogens is 294 g/mol. The zero-order valence-electron chi connectivity index (χ0n) is 15.4. The molecule has 5 heteroatoms. The highest BCUT2D eigenvalue weighted by atomic mass is 16.5. The molecule has 0 aliphatic rings. The number of methoxy groups -OCH3 is 2. The van der Waals surface area contributed by atoms with Crippen molar-refractivity contribution < 1.29 is 18.9 Å². The summed E-state index contributed by atoms with van der Waals surface area (Å²) >= 11 is 0. The standard InChI is InChI=1S/C18H39NO4/c1-20-13-7-9-17-22-15-5-3-11-19-12-4-6-16-23-18-10-8-14-21-2/h19H,3-18H2,1-2H3. The lowest BCUT2D eigenvalue weighted by Gasteiger charge is -2.07. The van der Waals surface area contributed by atoms with Gasteiger partial charge in [0.1, 0.15) is 0 Å². The third-order valence-corrected chi connectivity index (χ3v) is 3.56. The highest BCUT2D eigenvalue weighted by Gasteiger charge is 1.93. The molecule has 0 radical (unpaired) electrons. The summed E-state index contributed by atoms with van der Waals surface area (Å²) in [5.74, 6) is 0. The number of ether oxygens (including phenoxy) is 4. The van der Waals surface area contributed by atoms with E-state index in [4.69, 9.17) is 18.9 Å². The quantitative estimate of drug-likeness (QED) is 0.347. The minimum atomic E-state index is 0.839. The van der Waals surface area contributed by atoms with E-state index < -0.39 is 0 Å². The Kier molecular flexibility index (Phi) is 21.6. The van der Waals surface area contributed by atoms with Crippen LogP contribution < -0.4 is 5.32 Å². The predicted molar refractivity (Wildman–Crippen MR) is 95.2 cm³/mol. The summed E-state index contributed by atoms with van der Waals surface area (Å²) in [4.78, 5) is 0. The average molecular weight is 334 g/mol. The van der Waals surface area contributed by atoms with Crippen molar-refractivity contribution >= 4 is 0 Å². The van der Waals surface area contributed by atoms with Gasteiger partial charge in [0.25, 0.3) is 0 Å². The van der Waals surface area contributed by atoms with E-state index in [1.54, 1.807) is 14.2 Å². The highest BCUT2D eigenvalue weighted by molar-refractivity contribution is 4.50. The molecule has 0 aliphatic heterocycles. The van der Waals surface area contributed by atoms with Gasteiger partial charge in [-0.3, -0.25) is 0 Å². The molecular formula is C18H39NO4. The van der Waals surface area contributed by atoms with Gasteiger partial charge in [-0.15, -0.1) is 0 Å². The van der Waals surface area contributed by atoms with Crippen LogP contribution in [-0.2, 0) is 18.9 Å². The third-order valence-electron chi connectivity index (χ3n) is 3.56. The van der Waals surface area contributed by atoms with Gasteiger partial charge in [0.15, 0.2) is 0 Å². The van der Waals surface area contributed by atoms with Crippen molar-refractivity contribution in [3.05, 3.63) is 0 Å². The first kappa shape index (κ1) is 22.8. The summed E-state index contributed by atoms with van der Waals surface area (Å²) in [6.07, 6.45) is 9.04. The van der Waals surface area contributed by atoms with Crippen LogP contribution in [0.2, 0.25) is 0 Å². The summed E-state index contributed by atoms with van der Waals surface area (Å²) in [6, 6.07) is 0. The van der Waals surface area contributed by atoms with E-state index in [2.05, 4.69) is 5.32 Å². The van der Waals surface area contributed by atoms with E-state index in [0.29, 0.717) is 0 Å². The van der Waals surface area contributed by atoms with E-state index in [-0.39, 0.29) is 0 Å². The van der Waals surface area contributed by atoms with Crippen molar-refractivity contribution in [2.75, 3.05) is 67.0 Å². The van der Waals surface area contributed by atoms with Crippen molar-refractivity contribution in [2.45, 2.75) is 51.4 Å². The third kappa shape index (κ3) is 21.8. The maximum Gasteiger partial charge on any atom is 0.0466 e. The van der Waals surface area contributed by atoms with Gasteiger partial charge in [-0.2, -0.15) is 0 Å². The minimum Gasteiger partial charge on any atom is -0.385 e.